The number of hydrogen-bond donors (Lipinski definition) is 1. The van der Waals surface area contributed by atoms with Gasteiger partial charge in [-0.2, -0.15) is 0 Å². The lowest BCUT2D eigenvalue weighted by Gasteiger charge is -2.29. The highest BCUT2D eigenvalue weighted by Crippen LogP contribution is 2.35. The molecule has 0 rings (SSSR count). The Morgan fingerprint density at radius 2 is 1.52 bits per heavy atom. The van der Waals surface area contributed by atoms with Gasteiger partial charge in [0.05, 0.1) is 0 Å². The molecule has 0 bridgehead atoms. The number of carbonyl (C=O) groups excluding carboxylic acids is 3. The molecule has 0 heterocycles. The second kappa shape index (κ2) is 13.1. The van der Waals surface area contributed by atoms with Gasteiger partial charge in [-0.25, -0.2) is 0 Å². The Morgan fingerprint density at radius 1 is 0.920 bits per heavy atom. The first-order valence-electron chi connectivity index (χ1n) is 10.0. The van der Waals surface area contributed by atoms with Crippen LogP contribution in [0.25, 0.3) is 0 Å². The van der Waals surface area contributed by atoms with Crippen molar-refractivity contribution in [3.05, 3.63) is 0 Å². The van der Waals surface area contributed by atoms with Crippen LogP contribution in [0, 0.1) is 11.3 Å². The first-order valence-corrected chi connectivity index (χ1v) is 10.0. The van der Waals surface area contributed by atoms with E-state index in [9.17, 15) is 14.4 Å². The van der Waals surface area contributed by atoms with E-state index >= 15 is 0 Å². The summed E-state index contributed by atoms with van der Waals surface area (Å²) in [4.78, 5) is 35.9. The smallest absolute Gasteiger partial charge is 0.219 e. The van der Waals surface area contributed by atoms with Crippen LogP contribution in [-0.4, -0.2) is 24.5 Å². The monoisotopic (exact) mass is 353 g/mol. The Morgan fingerprint density at radius 3 is 2.08 bits per heavy atom. The maximum atomic E-state index is 12.2. The van der Waals surface area contributed by atoms with Gasteiger partial charge in [-0.05, 0) is 37.5 Å². The molecule has 1 amide bonds. The van der Waals surface area contributed by atoms with Crippen LogP contribution in [0.4, 0.5) is 0 Å². The molecule has 0 aliphatic rings. The zero-order valence-electron chi connectivity index (χ0n) is 17.1. The Labute approximate surface area is 154 Å². The highest BCUT2D eigenvalue weighted by Gasteiger charge is 2.27. The summed E-state index contributed by atoms with van der Waals surface area (Å²) in [7, 11) is 1.64. The van der Waals surface area contributed by atoms with Gasteiger partial charge in [0.2, 0.25) is 5.91 Å². The van der Waals surface area contributed by atoms with Crippen LogP contribution < -0.4 is 5.32 Å². The normalized spacial score (nSPS) is 14.6. The van der Waals surface area contributed by atoms with Gasteiger partial charge in [-0.15, -0.1) is 0 Å². The fourth-order valence-corrected chi connectivity index (χ4v) is 2.95. The number of unbranched alkanes of at least 4 members (excludes halogenated alkanes) is 2. The van der Waals surface area contributed by atoms with Gasteiger partial charge >= 0.3 is 0 Å². The molecule has 4 heteroatoms. The Balaban J connectivity index is 4.63. The number of amides is 1. The van der Waals surface area contributed by atoms with Crippen LogP contribution in [0.3, 0.4) is 0 Å². The lowest BCUT2D eigenvalue weighted by molar-refractivity contribution is -0.123. The zero-order chi connectivity index (χ0) is 19.3. The Kier molecular flexibility index (Phi) is 12.5. The lowest BCUT2D eigenvalue weighted by atomic mass is 9.75. The topological polar surface area (TPSA) is 63.2 Å². The number of carbonyl (C=O) groups is 3. The second-order valence-corrected chi connectivity index (χ2v) is 7.76. The van der Waals surface area contributed by atoms with Crippen molar-refractivity contribution in [2.45, 2.75) is 98.3 Å². The van der Waals surface area contributed by atoms with Gasteiger partial charge in [0, 0.05) is 38.6 Å². The maximum Gasteiger partial charge on any atom is 0.219 e. The van der Waals surface area contributed by atoms with Crippen molar-refractivity contribution >= 4 is 17.5 Å². The van der Waals surface area contributed by atoms with E-state index in [1.54, 1.807) is 7.05 Å². The van der Waals surface area contributed by atoms with Crippen molar-refractivity contribution in [3.8, 4) is 0 Å². The van der Waals surface area contributed by atoms with Gasteiger partial charge in [0.25, 0.3) is 0 Å². The largest absolute Gasteiger partial charge is 0.359 e. The SMILES string of the molecule is CCCCCC(=O)CCC(C)(CCC(=O)NC)CCC(=O)C(C)CC. The summed E-state index contributed by atoms with van der Waals surface area (Å²) in [5, 5.41) is 2.66. The first kappa shape index (κ1) is 23.8. The van der Waals surface area contributed by atoms with Crippen LogP contribution in [0.2, 0.25) is 0 Å². The van der Waals surface area contributed by atoms with Crippen molar-refractivity contribution < 1.29 is 14.4 Å². The van der Waals surface area contributed by atoms with E-state index in [2.05, 4.69) is 19.2 Å². The number of Topliss-reactive ketones (excluding diaryl/α,β-unsaturated/α-hetero) is 2. The molecular formula is C21H39NO3. The minimum Gasteiger partial charge on any atom is -0.359 e. The zero-order valence-corrected chi connectivity index (χ0v) is 17.1. The summed E-state index contributed by atoms with van der Waals surface area (Å²) in [5.74, 6) is 0.725. The summed E-state index contributed by atoms with van der Waals surface area (Å²) >= 11 is 0. The van der Waals surface area contributed by atoms with Crippen molar-refractivity contribution in [2.75, 3.05) is 7.05 Å². The molecule has 0 saturated carbocycles. The van der Waals surface area contributed by atoms with E-state index in [0.717, 1.165) is 44.9 Å². The van der Waals surface area contributed by atoms with Crippen molar-refractivity contribution in [2.24, 2.45) is 11.3 Å². The standard InChI is InChI=1S/C21H39NO3/c1-6-8-9-10-18(23)11-14-21(4,16-13-20(25)22-5)15-12-19(24)17(3)7-2/h17H,6-16H2,1-5H3,(H,22,25). The van der Waals surface area contributed by atoms with E-state index in [4.69, 9.17) is 0 Å². The predicted octanol–water partition coefficient (Wildman–Crippen LogP) is 4.84. The van der Waals surface area contributed by atoms with Crippen LogP contribution in [-0.2, 0) is 14.4 Å². The Bertz CT molecular complexity index is 419. The van der Waals surface area contributed by atoms with Crippen molar-refractivity contribution in [1.29, 1.82) is 0 Å². The minimum atomic E-state index is -0.129. The molecule has 0 aromatic carbocycles. The van der Waals surface area contributed by atoms with E-state index < -0.39 is 0 Å². The summed E-state index contributed by atoms with van der Waals surface area (Å²) in [6.07, 6.45) is 8.52. The summed E-state index contributed by atoms with van der Waals surface area (Å²) in [5.41, 5.74) is -0.129. The third kappa shape index (κ3) is 11.1. The summed E-state index contributed by atoms with van der Waals surface area (Å²) in [6, 6.07) is 0. The van der Waals surface area contributed by atoms with E-state index in [1.807, 2.05) is 13.8 Å². The molecule has 4 nitrogen and oxygen atoms in total. The molecule has 0 fully saturated rings. The van der Waals surface area contributed by atoms with Crippen LogP contribution in [0.15, 0.2) is 0 Å². The van der Waals surface area contributed by atoms with E-state index in [0.29, 0.717) is 37.2 Å². The van der Waals surface area contributed by atoms with Gasteiger partial charge in [-0.1, -0.05) is 40.5 Å². The molecule has 0 spiro atoms. The molecule has 0 saturated heterocycles. The molecule has 0 radical (unpaired) electrons. The number of ketones is 2. The third-order valence-corrected chi connectivity index (χ3v) is 5.44. The molecule has 2 unspecified atom stereocenters. The highest BCUT2D eigenvalue weighted by atomic mass is 16.1. The molecule has 1 N–H and O–H groups in total. The fourth-order valence-electron chi connectivity index (χ4n) is 2.95. The molecule has 0 aromatic heterocycles. The van der Waals surface area contributed by atoms with Crippen LogP contribution in [0.1, 0.15) is 98.3 Å². The number of nitrogens with one attached hydrogen (secondary N) is 1. The molecule has 0 aromatic rings. The van der Waals surface area contributed by atoms with Gasteiger partial charge in [0.15, 0.2) is 0 Å². The van der Waals surface area contributed by atoms with Gasteiger partial charge in [-0.3, -0.25) is 14.4 Å². The van der Waals surface area contributed by atoms with E-state index in [-0.39, 0.29) is 17.2 Å². The molecule has 2 atom stereocenters. The summed E-state index contributed by atoms with van der Waals surface area (Å²) in [6.45, 7) is 8.26. The molecule has 25 heavy (non-hydrogen) atoms. The minimum absolute atomic E-state index is 0.0220. The molecule has 146 valence electrons. The molecule has 0 aliphatic carbocycles. The fraction of sp³-hybridized carbons (Fsp3) is 0.857. The Hall–Kier alpha value is -1.19. The second-order valence-electron chi connectivity index (χ2n) is 7.76. The average molecular weight is 354 g/mol. The maximum absolute atomic E-state index is 12.2. The average Bonchev–Trinajstić information content (AvgIpc) is 2.62. The van der Waals surface area contributed by atoms with Crippen molar-refractivity contribution in [3.63, 3.8) is 0 Å². The highest BCUT2D eigenvalue weighted by molar-refractivity contribution is 5.80. The van der Waals surface area contributed by atoms with Gasteiger partial charge in [0.1, 0.15) is 11.6 Å². The molecule has 0 aliphatic heterocycles. The predicted molar refractivity (Wildman–Crippen MR) is 103 cm³/mol. The number of rotatable bonds is 15. The quantitative estimate of drug-likeness (QED) is 0.428. The van der Waals surface area contributed by atoms with Crippen LogP contribution in [0.5, 0.6) is 0 Å². The van der Waals surface area contributed by atoms with Crippen molar-refractivity contribution in [1.82, 2.24) is 5.32 Å². The third-order valence-electron chi connectivity index (χ3n) is 5.44. The van der Waals surface area contributed by atoms with E-state index in [1.165, 1.54) is 0 Å². The van der Waals surface area contributed by atoms with Gasteiger partial charge < -0.3 is 5.32 Å². The summed E-state index contributed by atoms with van der Waals surface area (Å²) < 4.78 is 0. The first-order chi connectivity index (χ1) is 11.8. The van der Waals surface area contributed by atoms with Crippen LogP contribution >= 0.6 is 0 Å². The molecular weight excluding hydrogens is 314 g/mol. The number of hydrogen-bond acceptors (Lipinski definition) is 3. The lowest BCUT2D eigenvalue weighted by Crippen LogP contribution is -2.25.